The van der Waals surface area contributed by atoms with E-state index in [0.717, 1.165) is 10.5 Å². The van der Waals surface area contributed by atoms with Crippen LogP contribution in [0, 0.1) is 6.92 Å². The van der Waals surface area contributed by atoms with Gasteiger partial charge in [-0.3, -0.25) is 9.59 Å². The standard InChI is InChI=1S/C18H20N2O2S/c1-4-17(21)19-14-8-5-12(2)16(11-14)20-18(22)13-6-9-15(23-3)10-7-13/h5-11H,4H2,1-3H3,(H,19,21)(H,20,22). The van der Waals surface area contributed by atoms with Gasteiger partial charge >= 0.3 is 0 Å². The van der Waals surface area contributed by atoms with Crippen LogP contribution in [0.4, 0.5) is 11.4 Å². The lowest BCUT2D eigenvalue weighted by Gasteiger charge is -2.11. The minimum Gasteiger partial charge on any atom is -0.326 e. The van der Waals surface area contributed by atoms with Crippen LogP contribution in [0.25, 0.3) is 0 Å². The predicted octanol–water partition coefficient (Wildman–Crippen LogP) is 4.32. The molecule has 2 amide bonds. The van der Waals surface area contributed by atoms with Gasteiger partial charge in [-0.15, -0.1) is 11.8 Å². The van der Waals surface area contributed by atoms with Crippen LogP contribution in [0.15, 0.2) is 47.4 Å². The molecule has 0 aromatic heterocycles. The highest BCUT2D eigenvalue weighted by Crippen LogP contribution is 2.22. The number of carbonyl (C=O) groups excluding carboxylic acids is 2. The van der Waals surface area contributed by atoms with Crippen LogP contribution in [0.2, 0.25) is 0 Å². The summed E-state index contributed by atoms with van der Waals surface area (Å²) in [4.78, 5) is 24.9. The van der Waals surface area contributed by atoms with Crippen LogP contribution in [0.1, 0.15) is 29.3 Å². The van der Waals surface area contributed by atoms with Gasteiger partial charge in [0.05, 0.1) is 0 Å². The smallest absolute Gasteiger partial charge is 0.255 e. The summed E-state index contributed by atoms with van der Waals surface area (Å²) in [5.41, 5.74) is 2.91. The van der Waals surface area contributed by atoms with E-state index in [9.17, 15) is 9.59 Å². The summed E-state index contributed by atoms with van der Waals surface area (Å²) in [7, 11) is 0. The molecule has 2 aromatic rings. The molecule has 0 aliphatic rings. The fourth-order valence-corrected chi connectivity index (χ4v) is 2.43. The maximum absolute atomic E-state index is 12.4. The molecule has 0 aliphatic carbocycles. The van der Waals surface area contributed by atoms with Crippen LogP contribution in [0.5, 0.6) is 0 Å². The highest BCUT2D eigenvalue weighted by molar-refractivity contribution is 7.98. The topological polar surface area (TPSA) is 58.2 Å². The summed E-state index contributed by atoms with van der Waals surface area (Å²) in [6.45, 7) is 3.71. The van der Waals surface area contributed by atoms with E-state index < -0.39 is 0 Å². The molecule has 0 heterocycles. The largest absolute Gasteiger partial charge is 0.326 e. The maximum atomic E-state index is 12.4. The molecule has 0 bridgehead atoms. The third-order valence-corrected chi connectivity index (χ3v) is 4.19. The number of hydrogen-bond donors (Lipinski definition) is 2. The van der Waals surface area contributed by atoms with Crippen molar-refractivity contribution in [2.45, 2.75) is 25.2 Å². The highest BCUT2D eigenvalue weighted by atomic mass is 32.2. The molecule has 2 aromatic carbocycles. The van der Waals surface area contributed by atoms with Gasteiger partial charge in [0.15, 0.2) is 0 Å². The van der Waals surface area contributed by atoms with E-state index in [1.165, 1.54) is 0 Å². The molecule has 5 heteroatoms. The van der Waals surface area contributed by atoms with Crippen molar-refractivity contribution in [3.05, 3.63) is 53.6 Å². The number of carbonyl (C=O) groups is 2. The average Bonchev–Trinajstić information content (AvgIpc) is 2.57. The van der Waals surface area contributed by atoms with Crippen molar-refractivity contribution >= 4 is 35.0 Å². The number of rotatable bonds is 5. The summed E-state index contributed by atoms with van der Waals surface area (Å²) in [5.74, 6) is -0.224. The van der Waals surface area contributed by atoms with Crippen molar-refractivity contribution in [1.82, 2.24) is 0 Å². The van der Waals surface area contributed by atoms with Crippen molar-refractivity contribution in [2.24, 2.45) is 0 Å². The number of aryl methyl sites for hydroxylation is 1. The average molecular weight is 328 g/mol. The Hall–Kier alpha value is -2.27. The van der Waals surface area contributed by atoms with Crippen LogP contribution in [0.3, 0.4) is 0 Å². The van der Waals surface area contributed by atoms with E-state index >= 15 is 0 Å². The molecule has 2 rings (SSSR count). The van der Waals surface area contributed by atoms with Crippen LogP contribution in [-0.4, -0.2) is 18.1 Å². The normalized spacial score (nSPS) is 10.2. The number of benzene rings is 2. The molecule has 0 atom stereocenters. The first kappa shape index (κ1) is 17.1. The molecule has 0 saturated carbocycles. The zero-order valence-electron chi connectivity index (χ0n) is 13.5. The Kier molecular flexibility index (Phi) is 5.82. The monoisotopic (exact) mass is 328 g/mol. The van der Waals surface area contributed by atoms with E-state index in [-0.39, 0.29) is 11.8 Å². The molecular weight excluding hydrogens is 308 g/mol. The van der Waals surface area contributed by atoms with Crippen molar-refractivity contribution in [1.29, 1.82) is 0 Å². The van der Waals surface area contributed by atoms with Gasteiger partial charge in [0, 0.05) is 28.3 Å². The van der Waals surface area contributed by atoms with Gasteiger partial charge in [-0.2, -0.15) is 0 Å². The minimum atomic E-state index is -0.167. The van der Waals surface area contributed by atoms with E-state index in [4.69, 9.17) is 0 Å². The molecule has 23 heavy (non-hydrogen) atoms. The zero-order chi connectivity index (χ0) is 16.8. The second-order valence-electron chi connectivity index (χ2n) is 5.11. The van der Waals surface area contributed by atoms with Crippen LogP contribution in [-0.2, 0) is 4.79 Å². The Morgan fingerprint density at radius 2 is 1.74 bits per heavy atom. The van der Waals surface area contributed by atoms with E-state index in [1.807, 2.05) is 37.4 Å². The minimum absolute atomic E-state index is 0.0567. The van der Waals surface area contributed by atoms with E-state index in [1.54, 1.807) is 36.9 Å². The Morgan fingerprint density at radius 1 is 1.04 bits per heavy atom. The summed E-state index contributed by atoms with van der Waals surface area (Å²) < 4.78 is 0. The first-order chi connectivity index (χ1) is 11.0. The molecule has 0 unspecified atom stereocenters. The Bertz CT molecular complexity index is 711. The molecule has 120 valence electrons. The van der Waals surface area contributed by atoms with E-state index in [0.29, 0.717) is 23.4 Å². The van der Waals surface area contributed by atoms with E-state index in [2.05, 4.69) is 10.6 Å². The van der Waals surface area contributed by atoms with Crippen molar-refractivity contribution in [3.8, 4) is 0 Å². The zero-order valence-corrected chi connectivity index (χ0v) is 14.3. The molecule has 0 saturated heterocycles. The molecule has 0 radical (unpaired) electrons. The molecular formula is C18H20N2O2S. The fraction of sp³-hybridized carbons (Fsp3) is 0.222. The lowest BCUT2D eigenvalue weighted by molar-refractivity contribution is -0.115. The van der Waals surface area contributed by atoms with Gasteiger partial charge in [-0.1, -0.05) is 13.0 Å². The predicted molar refractivity (Wildman–Crippen MR) is 96.3 cm³/mol. The van der Waals surface area contributed by atoms with Gasteiger partial charge in [0.2, 0.25) is 5.91 Å². The first-order valence-corrected chi connectivity index (χ1v) is 8.62. The quantitative estimate of drug-likeness (QED) is 0.804. The molecule has 0 fully saturated rings. The third-order valence-electron chi connectivity index (χ3n) is 3.44. The lowest BCUT2D eigenvalue weighted by Crippen LogP contribution is -2.14. The van der Waals surface area contributed by atoms with Crippen molar-refractivity contribution < 1.29 is 9.59 Å². The summed E-state index contributed by atoms with van der Waals surface area (Å²) in [6.07, 6.45) is 2.41. The van der Waals surface area contributed by atoms with Gasteiger partial charge in [-0.25, -0.2) is 0 Å². The fourth-order valence-electron chi connectivity index (χ4n) is 2.02. The van der Waals surface area contributed by atoms with Crippen LogP contribution >= 0.6 is 11.8 Å². The summed E-state index contributed by atoms with van der Waals surface area (Å²) >= 11 is 1.63. The highest BCUT2D eigenvalue weighted by Gasteiger charge is 2.09. The van der Waals surface area contributed by atoms with Crippen molar-refractivity contribution in [2.75, 3.05) is 16.9 Å². The van der Waals surface area contributed by atoms with Crippen LogP contribution < -0.4 is 10.6 Å². The number of amides is 2. The SMILES string of the molecule is CCC(=O)Nc1ccc(C)c(NC(=O)c2ccc(SC)cc2)c1. The third kappa shape index (κ3) is 4.60. The number of hydrogen-bond acceptors (Lipinski definition) is 3. The Morgan fingerprint density at radius 3 is 2.35 bits per heavy atom. The summed E-state index contributed by atoms with van der Waals surface area (Å²) in [5, 5.41) is 5.69. The Balaban J connectivity index is 2.15. The molecule has 0 spiro atoms. The van der Waals surface area contributed by atoms with Gasteiger partial charge in [0.25, 0.3) is 5.91 Å². The second kappa shape index (κ2) is 7.83. The molecule has 2 N–H and O–H groups in total. The maximum Gasteiger partial charge on any atom is 0.255 e. The van der Waals surface area contributed by atoms with Gasteiger partial charge < -0.3 is 10.6 Å². The lowest BCUT2D eigenvalue weighted by atomic mass is 10.1. The summed E-state index contributed by atoms with van der Waals surface area (Å²) in [6, 6.07) is 12.9. The van der Waals surface area contributed by atoms with Gasteiger partial charge in [0.1, 0.15) is 0 Å². The molecule has 4 nitrogen and oxygen atoms in total. The number of anilines is 2. The van der Waals surface area contributed by atoms with Gasteiger partial charge in [-0.05, 0) is 55.1 Å². The number of thioether (sulfide) groups is 1. The molecule has 0 aliphatic heterocycles. The Labute approximate surface area is 140 Å². The van der Waals surface area contributed by atoms with Crippen molar-refractivity contribution in [3.63, 3.8) is 0 Å². The number of nitrogens with one attached hydrogen (secondary N) is 2. The second-order valence-corrected chi connectivity index (χ2v) is 5.99. The first-order valence-electron chi connectivity index (χ1n) is 7.39.